The highest BCUT2D eigenvalue weighted by Gasteiger charge is 2.31. The highest BCUT2D eigenvalue weighted by molar-refractivity contribution is 7.87. The summed E-state index contributed by atoms with van der Waals surface area (Å²) in [4.78, 5) is 22.3. The fourth-order valence-corrected chi connectivity index (χ4v) is 2.64. The Morgan fingerprint density at radius 2 is 2.17 bits per heavy atom. The Morgan fingerprint density at radius 1 is 1.50 bits per heavy atom. The predicted molar refractivity (Wildman–Crippen MR) is 64.5 cm³/mol. The van der Waals surface area contributed by atoms with Crippen molar-refractivity contribution < 1.29 is 18.0 Å². The molecule has 1 fully saturated rings. The third-order valence-electron chi connectivity index (χ3n) is 2.62. The van der Waals surface area contributed by atoms with Crippen molar-refractivity contribution >= 4 is 22.0 Å². The molecule has 18 heavy (non-hydrogen) atoms. The SMILES string of the molecule is CN(CCCN)S(=O)(=O)NC1CCC(=O)NC1=O. The van der Waals surface area contributed by atoms with Crippen LogP contribution in [0.1, 0.15) is 19.3 Å². The summed E-state index contributed by atoms with van der Waals surface area (Å²) in [6, 6.07) is -0.895. The molecule has 2 amide bonds. The number of imide groups is 1. The van der Waals surface area contributed by atoms with E-state index in [1.807, 2.05) is 0 Å². The summed E-state index contributed by atoms with van der Waals surface area (Å²) in [5.74, 6) is -0.992. The summed E-state index contributed by atoms with van der Waals surface area (Å²) >= 11 is 0. The number of nitrogens with zero attached hydrogens (tertiary/aromatic N) is 1. The van der Waals surface area contributed by atoms with Crippen LogP contribution in [0, 0.1) is 0 Å². The lowest BCUT2D eigenvalue weighted by molar-refractivity contribution is -0.134. The number of carbonyl (C=O) groups excluding carboxylic acids is 2. The molecule has 8 nitrogen and oxygen atoms in total. The van der Waals surface area contributed by atoms with Crippen molar-refractivity contribution in [2.75, 3.05) is 20.1 Å². The van der Waals surface area contributed by atoms with E-state index in [0.29, 0.717) is 13.0 Å². The molecule has 1 unspecified atom stereocenters. The van der Waals surface area contributed by atoms with Crippen LogP contribution in [0.5, 0.6) is 0 Å². The highest BCUT2D eigenvalue weighted by atomic mass is 32.2. The first-order chi connectivity index (χ1) is 8.36. The van der Waals surface area contributed by atoms with Crippen molar-refractivity contribution in [3.63, 3.8) is 0 Å². The summed E-state index contributed by atoms with van der Waals surface area (Å²) in [6.07, 6.45) is 0.840. The first kappa shape index (κ1) is 15.0. The van der Waals surface area contributed by atoms with Crippen molar-refractivity contribution in [1.82, 2.24) is 14.3 Å². The van der Waals surface area contributed by atoms with E-state index in [4.69, 9.17) is 5.73 Å². The van der Waals surface area contributed by atoms with Gasteiger partial charge in [-0.1, -0.05) is 0 Å². The number of nitrogens with one attached hydrogen (secondary N) is 2. The standard InChI is InChI=1S/C9H18N4O4S/c1-13(6-2-5-10)18(16,17)12-7-3-4-8(14)11-9(7)15/h7,12H,2-6,10H2,1H3,(H,11,14,15). The van der Waals surface area contributed by atoms with Crippen molar-refractivity contribution in [3.8, 4) is 0 Å². The first-order valence-electron chi connectivity index (χ1n) is 5.64. The van der Waals surface area contributed by atoms with Crippen molar-refractivity contribution in [2.45, 2.75) is 25.3 Å². The van der Waals surface area contributed by atoms with Crippen LogP contribution in [0.15, 0.2) is 0 Å². The Bertz CT molecular complexity index is 422. The Morgan fingerprint density at radius 3 is 2.72 bits per heavy atom. The van der Waals surface area contributed by atoms with Crippen LogP contribution in [0.25, 0.3) is 0 Å². The number of piperidine rings is 1. The molecule has 0 aliphatic carbocycles. The van der Waals surface area contributed by atoms with Crippen LogP contribution >= 0.6 is 0 Å². The smallest absolute Gasteiger partial charge is 0.279 e. The van der Waals surface area contributed by atoms with Crippen LogP contribution in [0.2, 0.25) is 0 Å². The molecule has 1 atom stereocenters. The fourth-order valence-electron chi connectivity index (χ4n) is 1.51. The van der Waals surface area contributed by atoms with Crippen molar-refractivity contribution in [3.05, 3.63) is 0 Å². The summed E-state index contributed by atoms with van der Waals surface area (Å²) in [7, 11) is -2.32. The number of hydrogen-bond donors (Lipinski definition) is 3. The van der Waals surface area contributed by atoms with Gasteiger partial charge in [-0.05, 0) is 19.4 Å². The van der Waals surface area contributed by atoms with Gasteiger partial charge in [0.05, 0.1) is 0 Å². The minimum Gasteiger partial charge on any atom is -0.330 e. The molecular formula is C9H18N4O4S. The fraction of sp³-hybridized carbons (Fsp3) is 0.778. The molecule has 4 N–H and O–H groups in total. The second-order valence-corrected chi connectivity index (χ2v) is 5.90. The highest BCUT2D eigenvalue weighted by Crippen LogP contribution is 2.07. The Hall–Kier alpha value is -1.03. The number of nitrogens with two attached hydrogens (primary N) is 1. The van der Waals surface area contributed by atoms with Gasteiger partial charge in [-0.2, -0.15) is 17.4 Å². The second-order valence-electron chi connectivity index (χ2n) is 4.09. The number of carbonyl (C=O) groups is 2. The summed E-state index contributed by atoms with van der Waals surface area (Å²) < 4.78 is 27.0. The van der Waals surface area contributed by atoms with Gasteiger partial charge in [-0.3, -0.25) is 14.9 Å². The predicted octanol–water partition coefficient (Wildman–Crippen LogP) is -2.09. The average Bonchev–Trinajstić information content (AvgIpc) is 2.29. The van der Waals surface area contributed by atoms with Gasteiger partial charge < -0.3 is 5.73 Å². The molecule has 0 radical (unpaired) electrons. The van der Waals surface area contributed by atoms with Crippen LogP contribution in [0.4, 0.5) is 0 Å². The molecule has 0 aromatic heterocycles. The van der Waals surface area contributed by atoms with Gasteiger partial charge >= 0.3 is 0 Å². The van der Waals surface area contributed by atoms with Crippen LogP contribution in [-0.4, -0.2) is 50.7 Å². The second kappa shape index (κ2) is 6.23. The van der Waals surface area contributed by atoms with Gasteiger partial charge in [0.25, 0.3) is 10.2 Å². The number of hydrogen-bond acceptors (Lipinski definition) is 5. The molecular weight excluding hydrogens is 260 g/mol. The van der Waals surface area contributed by atoms with E-state index in [0.717, 1.165) is 4.31 Å². The molecule has 0 spiro atoms. The Balaban J connectivity index is 2.60. The molecule has 104 valence electrons. The summed E-state index contributed by atoms with van der Waals surface area (Å²) in [6.45, 7) is 0.664. The average molecular weight is 278 g/mol. The van der Waals surface area contributed by atoms with Crippen molar-refractivity contribution in [2.24, 2.45) is 5.73 Å². The molecule has 1 aliphatic rings. The van der Waals surface area contributed by atoms with E-state index in [1.54, 1.807) is 0 Å². The van der Waals surface area contributed by atoms with E-state index in [9.17, 15) is 18.0 Å². The molecule has 0 aromatic rings. The van der Waals surface area contributed by atoms with E-state index in [2.05, 4.69) is 10.0 Å². The number of rotatable bonds is 6. The van der Waals surface area contributed by atoms with Gasteiger partial charge in [-0.25, -0.2) is 0 Å². The lowest BCUT2D eigenvalue weighted by Gasteiger charge is -2.24. The first-order valence-corrected chi connectivity index (χ1v) is 7.08. The van der Waals surface area contributed by atoms with Crippen LogP contribution < -0.4 is 15.8 Å². The van der Waals surface area contributed by atoms with Crippen LogP contribution in [0.3, 0.4) is 0 Å². The monoisotopic (exact) mass is 278 g/mol. The van der Waals surface area contributed by atoms with Gasteiger partial charge in [0, 0.05) is 20.0 Å². The molecule has 9 heteroatoms. The van der Waals surface area contributed by atoms with E-state index >= 15 is 0 Å². The third-order valence-corrected chi connectivity index (χ3v) is 4.20. The zero-order valence-corrected chi connectivity index (χ0v) is 11.0. The Labute approximate surface area is 106 Å². The van der Waals surface area contributed by atoms with Gasteiger partial charge in [0.2, 0.25) is 11.8 Å². The molecule has 1 aliphatic heterocycles. The maximum atomic E-state index is 11.8. The quantitative estimate of drug-likeness (QED) is 0.481. The van der Waals surface area contributed by atoms with Gasteiger partial charge in [-0.15, -0.1) is 0 Å². The van der Waals surface area contributed by atoms with Crippen molar-refractivity contribution in [1.29, 1.82) is 0 Å². The van der Waals surface area contributed by atoms with E-state index in [-0.39, 0.29) is 25.3 Å². The summed E-state index contributed by atoms with van der Waals surface area (Å²) in [5.41, 5.74) is 5.30. The Kier molecular flexibility index (Phi) is 5.20. The molecule has 0 aromatic carbocycles. The topological polar surface area (TPSA) is 122 Å². The molecule has 1 saturated heterocycles. The zero-order chi connectivity index (χ0) is 13.8. The van der Waals surface area contributed by atoms with Crippen LogP contribution in [-0.2, 0) is 19.8 Å². The lowest BCUT2D eigenvalue weighted by Crippen LogP contribution is -2.54. The molecule has 0 bridgehead atoms. The van der Waals surface area contributed by atoms with Gasteiger partial charge in [0.15, 0.2) is 0 Å². The maximum Gasteiger partial charge on any atom is 0.279 e. The lowest BCUT2D eigenvalue weighted by atomic mass is 10.1. The van der Waals surface area contributed by atoms with E-state index < -0.39 is 22.2 Å². The normalized spacial score (nSPS) is 21.2. The number of amides is 2. The maximum absolute atomic E-state index is 11.8. The van der Waals surface area contributed by atoms with E-state index in [1.165, 1.54) is 7.05 Å². The molecule has 0 saturated carbocycles. The summed E-state index contributed by atoms with van der Waals surface area (Å²) in [5, 5.41) is 2.09. The zero-order valence-electron chi connectivity index (χ0n) is 10.2. The minimum absolute atomic E-state index is 0.130. The molecule has 1 rings (SSSR count). The van der Waals surface area contributed by atoms with Gasteiger partial charge in [0.1, 0.15) is 6.04 Å². The minimum atomic E-state index is -3.73. The molecule has 1 heterocycles. The largest absolute Gasteiger partial charge is 0.330 e. The third kappa shape index (κ3) is 4.02.